The molecule has 0 aromatic heterocycles. The smallest absolute Gasteiger partial charge is 0.262 e. The maximum atomic E-state index is 14.2. The van der Waals surface area contributed by atoms with Gasteiger partial charge in [0.15, 0.2) is 0 Å². The van der Waals surface area contributed by atoms with E-state index in [1.165, 1.54) is 10.4 Å². The van der Waals surface area contributed by atoms with Gasteiger partial charge in [-0.1, -0.05) is 54.1 Å². The Kier molecular flexibility index (Phi) is 5.09. The Labute approximate surface area is 153 Å². The molecule has 0 saturated carbocycles. The van der Waals surface area contributed by atoms with Crippen molar-refractivity contribution < 1.29 is 12.8 Å². The lowest BCUT2D eigenvalue weighted by Crippen LogP contribution is -2.31. The van der Waals surface area contributed by atoms with E-state index in [0.29, 0.717) is 11.3 Å². The van der Waals surface area contributed by atoms with E-state index in [1.54, 1.807) is 54.6 Å². The number of rotatable bonds is 5. The van der Waals surface area contributed by atoms with Crippen LogP contribution in [0.25, 0.3) is 0 Å². The molecule has 3 aromatic carbocycles. The first kappa shape index (κ1) is 18.1. The van der Waals surface area contributed by atoms with E-state index in [2.05, 4.69) is 0 Å². The highest BCUT2D eigenvalue weighted by Crippen LogP contribution is 2.29. The number of nitrogens with zero attached hydrogens (tertiary/aromatic N) is 1. The third-order valence-electron chi connectivity index (χ3n) is 4.26. The zero-order valence-electron chi connectivity index (χ0n) is 14.7. The van der Waals surface area contributed by atoms with Gasteiger partial charge in [-0.3, -0.25) is 4.31 Å². The standard InChI is InChI=1S/C21H20FNO2S/c1-16-11-13-19(14-12-16)26(24,25)23(21-10-6-3-7-17(21)2)15-18-8-4-5-9-20(18)22/h3-14H,15H2,1-2H3. The molecule has 5 heteroatoms. The van der Waals surface area contributed by atoms with Crippen molar-refractivity contribution in [3.63, 3.8) is 0 Å². The van der Waals surface area contributed by atoms with Crippen molar-refractivity contribution in [2.24, 2.45) is 0 Å². The molecule has 0 aliphatic carbocycles. The average Bonchev–Trinajstić information content (AvgIpc) is 2.62. The number of benzene rings is 3. The van der Waals surface area contributed by atoms with Crippen molar-refractivity contribution in [1.82, 2.24) is 0 Å². The molecule has 0 heterocycles. The van der Waals surface area contributed by atoms with Crippen LogP contribution in [0.1, 0.15) is 16.7 Å². The molecule has 3 rings (SSSR count). The molecule has 0 saturated heterocycles. The number of para-hydroxylation sites is 1. The molecule has 0 fully saturated rings. The van der Waals surface area contributed by atoms with Gasteiger partial charge in [-0.15, -0.1) is 0 Å². The van der Waals surface area contributed by atoms with Crippen molar-refractivity contribution in [3.8, 4) is 0 Å². The summed E-state index contributed by atoms with van der Waals surface area (Å²) in [5, 5.41) is 0. The molecule has 0 aliphatic rings. The van der Waals surface area contributed by atoms with Crippen molar-refractivity contribution in [3.05, 3.63) is 95.3 Å². The van der Waals surface area contributed by atoms with E-state index in [9.17, 15) is 12.8 Å². The van der Waals surface area contributed by atoms with E-state index in [1.807, 2.05) is 26.0 Å². The molecule has 26 heavy (non-hydrogen) atoms. The Balaban J connectivity index is 2.13. The summed E-state index contributed by atoms with van der Waals surface area (Å²) in [5.41, 5.74) is 2.64. The molecule has 3 aromatic rings. The Hall–Kier alpha value is -2.66. The van der Waals surface area contributed by atoms with E-state index in [4.69, 9.17) is 0 Å². The Bertz CT molecular complexity index is 1010. The van der Waals surface area contributed by atoms with Crippen LogP contribution in [-0.2, 0) is 16.6 Å². The summed E-state index contributed by atoms with van der Waals surface area (Å²) in [5.74, 6) is -0.426. The first-order chi connectivity index (χ1) is 12.4. The fourth-order valence-electron chi connectivity index (χ4n) is 2.76. The van der Waals surface area contributed by atoms with Crippen LogP contribution in [0.2, 0.25) is 0 Å². The molecule has 134 valence electrons. The van der Waals surface area contributed by atoms with Crippen LogP contribution in [0, 0.1) is 19.7 Å². The lowest BCUT2D eigenvalue weighted by molar-refractivity contribution is 0.585. The fraction of sp³-hybridized carbons (Fsp3) is 0.143. The van der Waals surface area contributed by atoms with Crippen molar-refractivity contribution in [2.75, 3.05) is 4.31 Å². The molecule has 0 N–H and O–H groups in total. The normalized spacial score (nSPS) is 11.3. The highest BCUT2D eigenvalue weighted by atomic mass is 32.2. The molecule has 3 nitrogen and oxygen atoms in total. The van der Waals surface area contributed by atoms with Crippen LogP contribution in [-0.4, -0.2) is 8.42 Å². The van der Waals surface area contributed by atoms with Gasteiger partial charge in [0.1, 0.15) is 5.82 Å². The summed E-state index contributed by atoms with van der Waals surface area (Å²) < 4.78 is 42.1. The largest absolute Gasteiger partial charge is 0.264 e. The lowest BCUT2D eigenvalue weighted by atomic mass is 10.1. The Morgan fingerprint density at radius 3 is 2.12 bits per heavy atom. The number of sulfonamides is 1. The van der Waals surface area contributed by atoms with Gasteiger partial charge in [-0.25, -0.2) is 12.8 Å². The van der Waals surface area contributed by atoms with E-state index in [0.717, 1.165) is 11.1 Å². The third kappa shape index (κ3) is 3.63. The van der Waals surface area contributed by atoms with Gasteiger partial charge in [0.05, 0.1) is 17.1 Å². The maximum Gasteiger partial charge on any atom is 0.264 e. The molecule has 0 bridgehead atoms. The maximum absolute atomic E-state index is 14.2. The van der Waals surface area contributed by atoms with Gasteiger partial charge in [-0.2, -0.15) is 0 Å². The predicted octanol–water partition coefficient (Wildman–Crippen LogP) is 4.84. The minimum atomic E-state index is -3.84. The van der Waals surface area contributed by atoms with E-state index < -0.39 is 15.8 Å². The molecule has 0 spiro atoms. The van der Waals surface area contributed by atoms with Gasteiger partial charge < -0.3 is 0 Å². The SMILES string of the molecule is Cc1ccc(S(=O)(=O)N(Cc2ccccc2F)c2ccccc2C)cc1. The Morgan fingerprint density at radius 1 is 0.846 bits per heavy atom. The van der Waals surface area contributed by atoms with Gasteiger partial charge in [0.2, 0.25) is 0 Å². The molecular weight excluding hydrogens is 349 g/mol. The number of hydrogen-bond acceptors (Lipinski definition) is 2. The summed E-state index contributed by atoms with van der Waals surface area (Å²) in [7, 11) is -3.84. The summed E-state index contributed by atoms with van der Waals surface area (Å²) in [4.78, 5) is 0.183. The first-order valence-electron chi connectivity index (χ1n) is 8.28. The van der Waals surface area contributed by atoms with Crippen LogP contribution in [0.5, 0.6) is 0 Å². The van der Waals surface area contributed by atoms with E-state index >= 15 is 0 Å². The van der Waals surface area contributed by atoms with Gasteiger partial charge in [0.25, 0.3) is 10.0 Å². The second-order valence-electron chi connectivity index (χ2n) is 6.20. The van der Waals surface area contributed by atoms with Gasteiger partial charge >= 0.3 is 0 Å². The molecule has 0 amide bonds. The third-order valence-corrected chi connectivity index (χ3v) is 6.04. The minimum absolute atomic E-state index is 0.0757. The predicted molar refractivity (Wildman–Crippen MR) is 102 cm³/mol. The quantitative estimate of drug-likeness (QED) is 0.645. The number of halogens is 1. The van der Waals surface area contributed by atoms with Gasteiger partial charge in [0, 0.05) is 5.56 Å². The molecule has 0 atom stereocenters. The number of hydrogen-bond donors (Lipinski definition) is 0. The monoisotopic (exact) mass is 369 g/mol. The first-order valence-corrected chi connectivity index (χ1v) is 9.72. The highest BCUT2D eigenvalue weighted by molar-refractivity contribution is 7.92. The van der Waals surface area contributed by atoms with Crippen molar-refractivity contribution >= 4 is 15.7 Å². The van der Waals surface area contributed by atoms with Crippen LogP contribution < -0.4 is 4.31 Å². The topological polar surface area (TPSA) is 37.4 Å². The van der Waals surface area contributed by atoms with Crippen LogP contribution in [0.3, 0.4) is 0 Å². The minimum Gasteiger partial charge on any atom is -0.262 e. The van der Waals surface area contributed by atoms with Crippen LogP contribution in [0.4, 0.5) is 10.1 Å². The van der Waals surface area contributed by atoms with Gasteiger partial charge in [-0.05, 0) is 43.7 Å². The second kappa shape index (κ2) is 7.30. The molecule has 0 unspecified atom stereocenters. The average molecular weight is 369 g/mol. The summed E-state index contributed by atoms with van der Waals surface area (Å²) in [6.45, 7) is 3.66. The molecule has 0 aliphatic heterocycles. The molecular formula is C21H20FNO2S. The van der Waals surface area contributed by atoms with Crippen LogP contribution in [0.15, 0.2) is 77.7 Å². The summed E-state index contributed by atoms with van der Waals surface area (Å²) in [6, 6.07) is 20.1. The van der Waals surface area contributed by atoms with Crippen molar-refractivity contribution in [2.45, 2.75) is 25.3 Å². The fourth-order valence-corrected chi connectivity index (χ4v) is 4.27. The lowest BCUT2D eigenvalue weighted by Gasteiger charge is -2.26. The highest BCUT2D eigenvalue weighted by Gasteiger charge is 2.27. The number of aryl methyl sites for hydroxylation is 2. The van der Waals surface area contributed by atoms with E-state index in [-0.39, 0.29) is 11.4 Å². The summed E-state index contributed by atoms with van der Waals surface area (Å²) in [6.07, 6.45) is 0. The van der Waals surface area contributed by atoms with Crippen LogP contribution >= 0.6 is 0 Å². The molecule has 0 radical (unpaired) electrons. The zero-order valence-corrected chi connectivity index (χ0v) is 15.5. The number of anilines is 1. The summed E-state index contributed by atoms with van der Waals surface area (Å²) >= 11 is 0. The van der Waals surface area contributed by atoms with Crippen molar-refractivity contribution in [1.29, 1.82) is 0 Å². The second-order valence-corrected chi connectivity index (χ2v) is 8.06. The Morgan fingerprint density at radius 2 is 1.46 bits per heavy atom. The zero-order chi connectivity index (χ0) is 18.7.